The number of aromatic amines is 1. The van der Waals surface area contributed by atoms with Crippen molar-refractivity contribution in [3.63, 3.8) is 0 Å². The van der Waals surface area contributed by atoms with Crippen LogP contribution in [0.25, 0.3) is 16.8 Å². The van der Waals surface area contributed by atoms with E-state index in [-0.39, 0.29) is 33.6 Å². The van der Waals surface area contributed by atoms with Crippen molar-refractivity contribution in [2.75, 3.05) is 26.2 Å². The molecule has 0 saturated carbocycles. The molecule has 0 aliphatic carbocycles. The van der Waals surface area contributed by atoms with Crippen molar-refractivity contribution in [3.05, 3.63) is 81.4 Å². The van der Waals surface area contributed by atoms with Crippen LogP contribution >= 0.6 is 11.6 Å². The van der Waals surface area contributed by atoms with Crippen LogP contribution in [0.5, 0.6) is 17.2 Å². The van der Waals surface area contributed by atoms with Crippen LogP contribution in [0.1, 0.15) is 28.3 Å². The summed E-state index contributed by atoms with van der Waals surface area (Å²) < 4.78 is 16.2. The SMILES string of the molecule is COc1cccc(C2/C(=C(\O)c3cc(OC)c(Cl)cc3OC)C(=O)C(=O)N2c2nc3cc(C)c(C)cc3[nH]2)c1. The van der Waals surface area contributed by atoms with Crippen molar-refractivity contribution in [1.29, 1.82) is 0 Å². The first-order valence-corrected chi connectivity index (χ1v) is 12.4. The van der Waals surface area contributed by atoms with Crippen LogP contribution in [-0.4, -0.2) is 48.1 Å². The molecule has 2 N–H and O–H groups in total. The summed E-state index contributed by atoms with van der Waals surface area (Å²) in [5, 5.41) is 11.9. The van der Waals surface area contributed by atoms with Crippen LogP contribution in [0.15, 0.2) is 54.1 Å². The zero-order valence-corrected chi connectivity index (χ0v) is 22.7. The first-order chi connectivity index (χ1) is 18.7. The van der Waals surface area contributed by atoms with Crippen LogP contribution in [-0.2, 0) is 9.59 Å². The molecule has 10 heteroatoms. The summed E-state index contributed by atoms with van der Waals surface area (Å²) >= 11 is 6.26. The average Bonchev–Trinajstić information content (AvgIpc) is 3.45. The summed E-state index contributed by atoms with van der Waals surface area (Å²) in [7, 11) is 4.36. The number of aromatic nitrogens is 2. The van der Waals surface area contributed by atoms with Gasteiger partial charge in [0.15, 0.2) is 0 Å². The van der Waals surface area contributed by atoms with Gasteiger partial charge in [0.25, 0.3) is 5.78 Å². The van der Waals surface area contributed by atoms with Crippen LogP contribution in [0.3, 0.4) is 0 Å². The average molecular weight is 548 g/mol. The number of rotatable bonds is 6. The van der Waals surface area contributed by atoms with Crippen LogP contribution in [0, 0.1) is 13.8 Å². The summed E-state index contributed by atoms with van der Waals surface area (Å²) in [5.41, 5.74) is 3.96. The highest BCUT2D eigenvalue weighted by Gasteiger charge is 2.48. The van der Waals surface area contributed by atoms with E-state index in [1.807, 2.05) is 26.0 Å². The molecule has 1 amide bonds. The lowest BCUT2D eigenvalue weighted by Gasteiger charge is -2.23. The van der Waals surface area contributed by atoms with Gasteiger partial charge in [0.2, 0.25) is 5.95 Å². The smallest absolute Gasteiger partial charge is 0.302 e. The maximum absolute atomic E-state index is 13.6. The minimum atomic E-state index is -1.03. The van der Waals surface area contributed by atoms with Gasteiger partial charge in [0.1, 0.15) is 23.0 Å². The Labute approximate surface area is 229 Å². The van der Waals surface area contributed by atoms with E-state index < -0.39 is 23.5 Å². The third-order valence-electron chi connectivity index (χ3n) is 6.90. The number of aliphatic hydroxyl groups is 1. The van der Waals surface area contributed by atoms with Gasteiger partial charge in [0, 0.05) is 6.07 Å². The number of methoxy groups -OCH3 is 3. The number of carbonyl (C=O) groups excluding carboxylic acids is 2. The van der Waals surface area contributed by atoms with E-state index in [1.54, 1.807) is 24.3 Å². The quantitative estimate of drug-likeness (QED) is 0.186. The number of halogens is 1. The van der Waals surface area contributed by atoms with Gasteiger partial charge in [-0.25, -0.2) is 4.98 Å². The number of Topliss-reactive ketones (excluding diaryl/α,β-unsaturated/α-hetero) is 1. The zero-order valence-electron chi connectivity index (χ0n) is 22.0. The normalized spacial score (nSPS) is 16.7. The van der Waals surface area contributed by atoms with Crippen molar-refractivity contribution in [2.24, 2.45) is 0 Å². The van der Waals surface area contributed by atoms with E-state index in [0.717, 1.165) is 11.1 Å². The summed E-state index contributed by atoms with van der Waals surface area (Å²) in [4.78, 5) is 36.3. The number of hydrogen-bond acceptors (Lipinski definition) is 7. The highest BCUT2D eigenvalue weighted by molar-refractivity contribution is 6.51. The molecule has 3 aromatic carbocycles. The molecule has 1 fully saturated rings. The Kier molecular flexibility index (Phi) is 6.69. The van der Waals surface area contributed by atoms with Gasteiger partial charge < -0.3 is 24.3 Å². The fourth-order valence-electron chi connectivity index (χ4n) is 4.74. The number of fused-ring (bicyclic) bond motifs is 1. The summed E-state index contributed by atoms with van der Waals surface area (Å²) in [6.45, 7) is 3.95. The molecule has 4 aromatic rings. The molecule has 0 radical (unpaired) electrons. The van der Waals surface area contributed by atoms with Crippen molar-refractivity contribution < 1.29 is 28.9 Å². The maximum Gasteiger partial charge on any atom is 0.302 e. The van der Waals surface area contributed by atoms with Gasteiger partial charge in [0.05, 0.1) is 54.6 Å². The number of aryl methyl sites for hydroxylation is 2. The first-order valence-electron chi connectivity index (χ1n) is 12.0. The minimum Gasteiger partial charge on any atom is -0.507 e. The van der Waals surface area contributed by atoms with Crippen molar-refractivity contribution in [1.82, 2.24) is 9.97 Å². The first kappa shape index (κ1) is 26.1. The molecule has 2 heterocycles. The Morgan fingerprint density at radius 2 is 1.69 bits per heavy atom. The molecule has 1 aliphatic heterocycles. The monoisotopic (exact) mass is 547 g/mol. The van der Waals surface area contributed by atoms with Gasteiger partial charge in [-0.05, 0) is 60.9 Å². The van der Waals surface area contributed by atoms with E-state index in [1.165, 1.54) is 38.4 Å². The van der Waals surface area contributed by atoms with Crippen LogP contribution < -0.4 is 19.1 Å². The number of H-pyrrole nitrogens is 1. The van der Waals surface area contributed by atoms with Gasteiger partial charge in [-0.2, -0.15) is 0 Å². The van der Waals surface area contributed by atoms with Gasteiger partial charge in [-0.15, -0.1) is 0 Å². The van der Waals surface area contributed by atoms with E-state index in [2.05, 4.69) is 9.97 Å². The molecule has 1 aromatic heterocycles. The van der Waals surface area contributed by atoms with Crippen molar-refractivity contribution in [2.45, 2.75) is 19.9 Å². The Hall–Kier alpha value is -4.50. The molecular formula is C29H26ClN3O6. The van der Waals surface area contributed by atoms with Crippen LogP contribution in [0.2, 0.25) is 5.02 Å². The second kappa shape index (κ2) is 9.99. The number of benzene rings is 3. The molecule has 39 heavy (non-hydrogen) atoms. The highest BCUT2D eigenvalue weighted by atomic mass is 35.5. The molecular weight excluding hydrogens is 522 g/mol. The van der Waals surface area contributed by atoms with Gasteiger partial charge >= 0.3 is 5.91 Å². The number of nitrogens with one attached hydrogen (secondary N) is 1. The number of carbonyl (C=O) groups is 2. The number of hydrogen-bond donors (Lipinski definition) is 2. The molecule has 9 nitrogen and oxygen atoms in total. The molecule has 0 bridgehead atoms. The van der Waals surface area contributed by atoms with E-state index in [4.69, 9.17) is 25.8 Å². The number of amides is 1. The van der Waals surface area contributed by atoms with Crippen molar-refractivity contribution in [3.8, 4) is 17.2 Å². The molecule has 0 spiro atoms. The van der Waals surface area contributed by atoms with Crippen molar-refractivity contribution >= 4 is 46.0 Å². The third kappa shape index (κ3) is 4.34. The predicted molar refractivity (Wildman–Crippen MR) is 148 cm³/mol. The van der Waals surface area contributed by atoms with E-state index in [9.17, 15) is 14.7 Å². The fraction of sp³-hybridized carbons (Fsp3) is 0.207. The number of ketones is 1. The highest BCUT2D eigenvalue weighted by Crippen LogP contribution is 2.45. The Balaban J connectivity index is 1.78. The summed E-state index contributed by atoms with van der Waals surface area (Å²) in [6, 6.07) is 12.7. The number of anilines is 1. The number of aliphatic hydroxyl groups excluding tert-OH is 1. The Bertz CT molecular complexity index is 1640. The topological polar surface area (TPSA) is 114 Å². The molecule has 1 aliphatic rings. The Morgan fingerprint density at radius 3 is 2.38 bits per heavy atom. The predicted octanol–water partition coefficient (Wildman–Crippen LogP) is 5.49. The second-order valence-electron chi connectivity index (χ2n) is 9.15. The van der Waals surface area contributed by atoms with Crippen LogP contribution in [0.4, 0.5) is 5.95 Å². The van der Waals surface area contributed by atoms with Gasteiger partial charge in [-0.1, -0.05) is 23.7 Å². The van der Waals surface area contributed by atoms with E-state index >= 15 is 0 Å². The number of nitrogens with zero attached hydrogens (tertiary/aromatic N) is 2. The summed E-state index contributed by atoms with van der Waals surface area (Å²) in [5.74, 6) is -1.04. The van der Waals surface area contributed by atoms with Gasteiger partial charge in [-0.3, -0.25) is 14.5 Å². The molecule has 1 unspecified atom stereocenters. The maximum atomic E-state index is 13.6. The lowest BCUT2D eigenvalue weighted by Crippen LogP contribution is -2.30. The third-order valence-corrected chi connectivity index (χ3v) is 7.19. The van der Waals surface area contributed by atoms with E-state index in [0.29, 0.717) is 22.3 Å². The lowest BCUT2D eigenvalue weighted by molar-refractivity contribution is -0.132. The lowest BCUT2D eigenvalue weighted by atomic mass is 9.95. The second-order valence-corrected chi connectivity index (χ2v) is 9.55. The molecule has 200 valence electrons. The number of ether oxygens (including phenoxy) is 3. The number of imidazole rings is 1. The zero-order chi connectivity index (χ0) is 28.0. The standard InChI is InChI=1S/C29H26ClN3O6/c1-14-9-20-21(10-15(14)2)32-29(31-20)33-25(16-7-6-8-17(11-16)37-3)24(27(35)28(33)36)26(34)18-12-23(39-5)19(30)13-22(18)38-4/h6-13,25,34H,1-5H3,(H,31,32)/b26-24+. The fourth-order valence-corrected chi connectivity index (χ4v) is 4.97. The molecule has 1 atom stereocenters. The molecule has 1 saturated heterocycles. The largest absolute Gasteiger partial charge is 0.507 e. The summed E-state index contributed by atoms with van der Waals surface area (Å²) in [6.07, 6.45) is 0. The Morgan fingerprint density at radius 1 is 0.974 bits per heavy atom. The molecule has 5 rings (SSSR count). The minimum absolute atomic E-state index is 0.139.